The van der Waals surface area contributed by atoms with Crippen LogP contribution in [0.15, 0.2) is 0 Å². The van der Waals surface area contributed by atoms with Gasteiger partial charge in [0.05, 0.1) is 32.0 Å². The quantitative estimate of drug-likeness (QED) is 0.468. The number of hydrogen-bond donors (Lipinski definition) is 1. The molecule has 196 valence electrons. The molecule has 2 aliphatic heterocycles. The van der Waals surface area contributed by atoms with Gasteiger partial charge in [-0.1, -0.05) is 48.5 Å². The van der Waals surface area contributed by atoms with Crippen molar-refractivity contribution in [2.45, 2.75) is 117 Å². The van der Waals surface area contributed by atoms with Gasteiger partial charge in [0.1, 0.15) is 0 Å². The van der Waals surface area contributed by atoms with Crippen molar-refractivity contribution >= 4 is 0 Å². The Morgan fingerprint density at radius 3 is 2.03 bits per heavy atom. The highest BCUT2D eigenvalue weighted by Gasteiger charge is 2.74. The van der Waals surface area contributed by atoms with E-state index in [4.69, 9.17) is 18.9 Å². The van der Waals surface area contributed by atoms with Crippen molar-refractivity contribution in [2.24, 2.45) is 39.9 Å². The predicted molar refractivity (Wildman–Crippen MR) is 132 cm³/mol. The van der Waals surface area contributed by atoms with Gasteiger partial charge >= 0.3 is 0 Å². The third-order valence-corrected chi connectivity index (χ3v) is 11.5. The largest absolute Gasteiger partial charge is 0.389 e. The van der Waals surface area contributed by atoms with Crippen LogP contribution in [0.2, 0.25) is 0 Å². The van der Waals surface area contributed by atoms with Crippen LogP contribution in [0.5, 0.6) is 0 Å². The fourth-order valence-electron chi connectivity index (χ4n) is 9.87. The molecule has 2 spiro atoms. The fraction of sp³-hybridized carbons (Fsp3) is 1.00. The van der Waals surface area contributed by atoms with Crippen molar-refractivity contribution in [1.82, 2.24) is 0 Å². The van der Waals surface area contributed by atoms with E-state index < -0.39 is 11.4 Å². The van der Waals surface area contributed by atoms with E-state index in [-0.39, 0.29) is 22.0 Å². The summed E-state index contributed by atoms with van der Waals surface area (Å²) in [6.45, 7) is 18.5. The van der Waals surface area contributed by atoms with E-state index >= 15 is 0 Å². The monoisotopic (exact) mass is 478 g/mol. The summed E-state index contributed by atoms with van der Waals surface area (Å²) < 4.78 is 25.1. The molecule has 5 heteroatoms. The SMILES string of the molecule is CC.CC12CCC3(CC1CCC1C4CCC5(OCCO5)C4(C)CC(O)(C(C)(C)C)[C@@H]12)OCCO3. The van der Waals surface area contributed by atoms with Gasteiger partial charge in [-0.25, -0.2) is 0 Å². The van der Waals surface area contributed by atoms with Gasteiger partial charge in [-0.3, -0.25) is 0 Å². The lowest BCUT2D eigenvalue weighted by molar-refractivity contribution is -0.314. The molecule has 34 heavy (non-hydrogen) atoms. The van der Waals surface area contributed by atoms with E-state index in [0.717, 1.165) is 51.7 Å². The molecule has 4 saturated carbocycles. The van der Waals surface area contributed by atoms with Crippen molar-refractivity contribution in [3.63, 3.8) is 0 Å². The van der Waals surface area contributed by atoms with Crippen LogP contribution in [0, 0.1) is 39.9 Å². The normalized spacial score (nSPS) is 48.7. The second-order valence-corrected chi connectivity index (χ2v) is 13.6. The van der Waals surface area contributed by atoms with E-state index in [1.165, 1.54) is 12.8 Å². The number of ether oxygens (including phenoxy) is 4. The Morgan fingerprint density at radius 1 is 0.794 bits per heavy atom. The van der Waals surface area contributed by atoms with Crippen LogP contribution in [-0.2, 0) is 18.9 Å². The first-order valence-electron chi connectivity index (χ1n) is 14.3. The third-order valence-electron chi connectivity index (χ3n) is 11.5. The summed E-state index contributed by atoms with van der Waals surface area (Å²) in [4.78, 5) is 0. The molecule has 2 heterocycles. The van der Waals surface area contributed by atoms with Crippen LogP contribution in [0.25, 0.3) is 0 Å². The molecule has 0 radical (unpaired) electrons. The van der Waals surface area contributed by atoms with E-state index in [2.05, 4.69) is 34.6 Å². The maximum atomic E-state index is 12.8. The Balaban J connectivity index is 0.00000117. The fourth-order valence-corrected chi connectivity index (χ4v) is 9.87. The Labute approximate surface area is 207 Å². The molecule has 5 nitrogen and oxygen atoms in total. The standard InChI is InChI=1S/C27H44O5.C2H6/c1-22(2,3)26(28)17-24(5)20(8-9-27(24)31-14-15-32-27)19-7-6-18-16-25(29-12-13-30-25)11-10-23(18,4)21(19)26;1-2/h18-21,28H,6-17H2,1-5H3;1-2H3/t18?,19?,20?,21-,23?,24?,26?;/m0./s1. The zero-order valence-electron chi connectivity index (χ0n) is 22.9. The van der Waals surface area contributed by atoms with Gasteiger partial charge in [0, 0.05) is 24.7 Å². The molecule has 0 amide bonds. The van der Waals surface area contributed by atoms with E-state index in [9.17, 15) is 5.11 Å². The van der Waals surface area contributed by atoms with Crippen LogP contribution >= 0.6 is 0 Å². The highest BCUT2D eigenvalue weighted by Crippen LogP contribution is 2.74. The first-order valence-corrected chi connectivity index (χ1v) is 14.3. The summed E-state index contributed by atoms with van der Waals surface area (Å²) in [5.41, 5.74) is -0.999. The number of hydrogen-bond acceptors (Lipinski definition) is 5. The molecule has 2 saturated heterocycles. The molecular formula is C29H50O5. The van der Waals surface area contributed by atoms with Crippen LogP contribution < -0.4 is 0 Å². The lowest BCUT2D eigenvalue weighted by Crippen LogP contribution is -2.70. The summed E-state index contributed by atoms with van der Waals surface area (Å²) in [5.74, 6) is 1.06. The minimum atomic E-state index is -0.759. The maximum absolute atomic E-state index is 12.8. The molecular weight excluding hydrogens is 428 g/mol. The predicted octanol–water partition coefficient (Wildman–Crippen LogP) is 5.93. The van der Waals surface area contributed by atoms with E-state index in [0.29, 0.717) is 36.9 Å². The maximum Gasteiger partial charge on any atom is 0.174 e. The lowest BCUT2D eigenvalue weighted by Gasteiger charge is -2.69. The van der Waals surface area contributed by atoms with Gasteiger partial charge < -0.3 is 24.1 Å². The average molecular weight is 479 g/mol. The first-order chi connectivity index (χ1) is 16.0. The molecule has 6 unspecified atom stereocenters. The first kappa shape index (κ1) is 25.4. The zero-order chi connectivity index (χ0) is 24.6. The van der Waals surface area contributed by atoms with Crippen molar-refractivity contribution in [3.05, 3.63) is 0 Å². The summed E-state index contributed by atoms with van der Waals surface area (Å²) in [6, 6.07) is 0. The highest BCUT2D eigenvalue weighted by molar-refractivity contribution is 5.21. The number of fused-ring (bicyclic) bond motifs is 6. The third kappa shape index (κ3) is 3.22. The Hall–Kier alpha value is -0.200. The van der Waals surface area contributed by atoms with E-state index in [1.807, 2.05) is 13.8 Å². The molecule has 6 aliphatic rings. The Bertz CT molecular complexity index is 763. The summed E-state index contributed by atoms with van der Waals surface area (Å²) in [7, 11) is 0. The van der Waals surface area contributed by atoms with Gasteiger partial charge in [0.15, 0.2) is 11.6 Å². The van der Waals surface area contributed by atoms with Gasteiger partial charge in [-0.2, -0.15) is 0 Å². The molecule has 6 fully saturated rings. The smallest absolute Gasteiger partial charge is 0.174 e. The molecule has 7 atom stereocenters. The summed E-state index contributed by atoms with van der Waals surface area (Å²) >= 11 is 0. The molecule has 6 rings (SSSR count). The topological polar surface area (TPSA) is 57.2 Å². The van der Waals surface area contributed by atoms with Crippen LogP contribution in [0.1, 0.15) is 99.8 Å². The van der Waals surface area contributed by atoms with Crippen molar-refractivity contribution in [1.29, 1.82) is 0 Å². The number of aliphatic hydroxyl groups is 1. The molecule has 0 aromatic carbocycles. The minimum absolute atomic E-state index is 0.111. The molecule has 4 aliphatic carbocycles. The second kappa shape index (κ2) is 8.15. The van der Waals surface area contributed by atoms with Crippen LogP contribution in [-0.4, -0.2) is 48.7 Å². The van der Waals surface area contributed by atoms with Crippen LogP contribution in [0.3, 0.4) is 0 Å². The van der Waals surface area contributed by atoms with Gasteiger partial charge in [0.2, 0.25) is 0 Å². The molecule has 0 bridgehead atoms. The van der Waals surface area contributed by atoms with Crippen molar-refractivity contribution < 1.29 is 24.1 Å². The summed E-state index contributed by atoms with van der Waals surface area (Å²) in [6.07, 6.45) is 8.35. The Kier molecular flexibility index (Phi) is 6.10. The van der Waals surface area contributed by atoms with Gasteiger partial charge in [-0.15, -0.1) is 0 Å². The molecule has 0 aromatic heterocycles. The summed E-state index contributed by atoms with van der Waals surface area (Å²) in [5, 5.41) is 12.8. The zero-order valence-corrected chi connectivity index (χ0v) is 22.9. The lowest BCUT2D eigenvalue weighted by atomic mass is 9.38. The van der Waals surface area contributed by atoms with Gasteiger partial charge in [-0.05, 0) is 66.6 Å². The van der Waals surface area contributed by atoms with Crippen LogP contribution in [0.4, 0.5) is 0 Å². The molecule has 1 N–H and O–H groups in total. The average Bonchev–Trinajstić information content (AvgIpc) is 3.51. The van der Waals surface area contributed by atoms with Crippen molar-refractivity contribution in [3.8, 4) is 0 Å². The van der Waals surface area contributed by atoms with Gasteiger partial charge in [0.25, 0.3) is 0 Å². The van der Waals surface area contributed by atoms with E-state index in [1.54, 1.807) is 0 Å². The van der Waals surface area contributed by atoms with Crippen molar-refractivity contribution in [2.75, 3.05) is 26.4 Å². The second-order valence-electron chi connectivity index (χ2n) is 13.6. The minimum Gasteiger partial charge on any atom is -0.389 e. The highest BCUT2D eigenvalue weighted by atomic mass is 16.7. The molecule has 0 aromatic rings. The number of rotatable bonds is 0. The Morgan fingerprint density at radius 2 is 1.41 bits per heavy atom.